The molecule has 0 amide bonds. The Morgan fingerprint density at radius 3 is 2.52 bits per heavy atom. The van der Waals surface area contributed by atoms with Gasteiger partial charge in [0.1, 0.15) is 0 Å². The van der Waals surface area contributed by atoms with Crippen LogP contribution in [0.1, 0.15) is 36.6 Å². The molecule has 1 heterocycles. The third kappa shape index (κ3) is 4.71. The van der Waals surface area contributed by atoms with Gasteiger partial charge in [-0.05, 0) is 43.0 Å². The molecule has 2 aromatic rings. The third-order valence-corrected chi connectivity index (χ3v) is 3.80. The van der Waals surface area contributed by atoms with Crippen molar-refractivity contribution in [2.45, 2.75) is 33.1 Å². The Morgan fingerprint density at radius 2 is 1.90 bits per heavy atom. The van der Waals surface area contributed by atoms with Crippen LogP contribution in [-0.2, 0) is 13.5 Å². The maximum absolute atomic E-state index is 4.54. The molecule has 3 nitrogen and oxygen atoms in total. The van der Waals surface area contributed by atoms with Gasteiger partial charge < -0.3 is 5.32 Å². The number of hydrogen-bond acceptors (Lipinski definition) is 2. The Kier molecular flexibility index (Phi) is 5.57. The van der Waals surface area contributed by atoms with E-state index in [4.69, 9.17) is 0 Å². The smallest absolute Gasteiger partial charge is 0.0631 e. The number of nitrogens with one attached hydrogen (secondary N) is 1. The fraction of sp³-hybridized carbons (Fsp3) is 0.500. The Balaban J connectivity index is 2.12. The molecule has 1 aromatic carbocycles. The minimum Gasteiger partial charge on any atom is -0.316 e. The highest BCUT2D eigenvalue weighted by Crippen LogP contribution is 2.23. The summed E-state index contributed by atoms with van der Waals surface area (Å²) in [5.41, 5.74) is 3.96. The lowest BCUT2D eigenvalue weighted by Crippen LogP contribution is -2.27. The summed E-state index contributed by atoms with van der Waals surface area (Å²) in [5.74, 6) is 1.15. The van der Waals surface area contributed by atoms with Crippen molar-refractivity contribution in [3.63, 3.8) is 0 Å². The second-order valence-corrected chi connectivity index (χ2v) is 6.29. The SMILES string of the molecule is Cc1ccccc1C(CNCC(C)C)Cc1ccn(C)n1. The van der Waals surface area contributed by atoms with E-state index in [1.165, 1.54) is 11.1 Å². The molecule has 1 unspecified atom stereocenters. The molecule has 1 atom stereocenters. The van der Waals surface area contributed by atoms with Crippen molar-refractivity contribution in [1.29, 1.82) is 0 Å². The molecule has 0 saturated heterocycles. The minimum atomic E-state index is 0.472. The maximum Gasteiger partial charge on any atom is 0.0631 e. The molecule has 0 bridgehead atoms. The van der Waals surface area contributed by atoms with Crippen LogP contribution in [0.2, 0.25) is 0 Å². The normalized spacial score (nSPS) is 12.8. The zero-order valence-corrected chi connectivity index (χ0v) is 13.6. The second kappa shape index (κ2) is 7.41. The van der Waals surface area contributed by atoms with Crippen LogP contribution in [0.25, 0.3) is 0 Å². The van der Waals surface area contributed by atoms with Crippen molar-refractivity contribution in [2.24, 2.45) is 13.0 Å². The number of hydrogen-bond donors (Lipinski definition) is 1. The van der Waals surface area contributed by atoms with E-state index >= 15 is 0 Å². The summed E-state index contributed by atoms with van der Waals surface area (Å²) in [6, 6.07) is 10.8. The van der Waals surface area contributed by atoms with Crippen molar-refractivity contribution >= 4 is 0 Å². The summed E-state index contributed by atoms with van der Waals surface area (Å²) in [7, 11) is 1.98. The van der Waals surface area contributed by atoms with Gasteiger partial charge in [-0.1, -0.05) is 38.1 Å². The molecular formula is C18H27N3. The van der Waals surface area contributed by atoms with Gasteiger partial charge >= 0.3 is 0 Å². The Bertz CT molecular complexity index is 557. The van der Waals surface area contributed by atoms with Crippen LogP contribution in [0.5, 0.6) is 0 Å². The summed E-state index contributed by atoms with van der Waals surface area (Å²) in [4.78, 5) is 0. The standard InChI is InChI=1S/C18H27N3/c1-14(2)12-19-13-16(11-17-9-10-21(4)20-17)18-8-6-5-7-15(18)3/h5-10,14,16,19H,11-13H2,1-4H3. The molecule has 2 rings (SSSR count). The summed E-state index contributed by atoms with van der Waals surface area (Å²) in [5, 5.41) is 8.14. The van der Waals surface area contributed by atoms with Gasteiger partial charge in [-0.3, -0.25) is 4.68 Å². The topological polar surface area (TPSA) is 29.9 Å². The highest BCUT2D eigenvalue weighted by molar-refractivity contribution is 5.30. The Hall–Kier alpha value is -1.61. The molecule has 0 aliphatic carbocycles. The zero-order chi connectivity index (χ0) is 15.2. The fourth-order valence-electron chi connectivity index (χ4n) is 2.71. The van der Waals surface area contributed by atoms with Crippen molar-refractivity contribution < 1.29 is 0 Å². The number of rotatable bonds is 7. The molecule has 0 aliphatic rings. The van der Waals surface area contributed by atoms with E-state index < -0.39 is 0 Å². The molecule has 0 saturated carbocycles. The molecule has 0 radical (unpaired) electrons. The molecule has 114 valence electrons. The zero-order valence-electron chi connectivity index (χ0n) is 13.6. The van der Waals surface area contributed by atoms with E-state index in [1.807, 2.05) is 17.9 Å². The fourth-order valence-corrected chi connectivity index (χ4v) is 2.71. The second-order valence-electron chi connectivity index (χ2n) is 6.29. The Morgan fingerprint density at radius 1 is 1.14 bits per heavy atom. The van der Waals surface area contributed by atoms with Crippen molar-refractivity contribution in [1.82, 2.24) is 15.1 Å². The van der Waals surface area contributed by atoms with Gasteiger partial charge in [-0.2, -0.15) is 5.10 Å². The van der Waals surface area contributed by atoms with Crippen LogP contribution >= 0.6 is 0 Å². The third-order valence-electron chi connectivity index (χ3n) is 3.80. The monoisotopic (exact) mass is 285 g/mol. The molecule has 0 aliphatic heterocycles. The lowest BCUT2D eigenvalue weighted by Gasteiger charge is -2.20. The summed E-state index contributed by atoms with van der Waals surface area (Å²) < 4.78 is 1.88. The van der Waals surface area contributed by atoms with Gasteiger partial charge in [-0.25, -0.2) is 0 Å². The first-order valence-electron chi connectivity index (χ1n) is 7.81. The molecule has 3 heteroatoms. The van der Waals surface area contributed by atoms with Gasteiger partial charge in [0.15, 0.2) is 0 Å². The van der Waals surface area contributed by atoms with E-state index in [9.17, 15) is 0 Å². The average molecular weight is 285 g/mol. The minimum absolute atomic E-state index is 0.472. The van der Waals surface area contributed by atoms with E-state index in [2.05, 4.69) is 61.5 Å². The van der Waals surface area contributed by atoms with Crippen LogP contribution in [0, 0.1) is 12.8 Å². The van der Waals surface area contributed by atoms with Gasteiger partial charge in [0.2, 0.25) is 0 Å². The Labute approximate surface area is 128 Å². The van der Waals surface area contributed by atoms with E-state index in [1.54, 1.807) is 0 Å². The number of nitrogens with zero attached hydrogens (tertiary/aromatic N) is 2. The van der Waals surface area contributed by atoms with Crippen LogP contribution in [0.4, 0.5) is 0 Å². The lowest BCUT2D eigenvalue weighted by molar-refractivity contribution is 0.510. The van der Waals surface area contributed by atoms with Crippen molar-refractivity contribution in [3.05, 3.63) is 53.3 Å². The summed E-state index contributed by atoms with van der Waals surface area (Å²) >= 11 is 0. The summed E-state index contributed by atoms with van der Waals surface area (Å²) in [6.07, 6.45) is 3.00. The first-order valence-corrected chi connectivity index (χ1v) is 7.81. The quantitative estimate of drug-likeness (QED) is 0.846. The molecule has 1 N–H and O–H groups in total. The van der Waals surface area contributed by atoms with E-state index in [-0.39, 0.29) is 0 Å². The van der Waals surface area contributed by atoms with Crippen LogP contribution < -0.4 is 5.32 Å². The summed E-state index contributed by atoms with van der Waals surface area (Å²) in [6.45, 7) is 8.75. The number of aryl methyl sites for hydroxylation is 2. The molecule has 0 fully saturated rings. The maximum atomic E-state index is 4.54. The van der Waals surface area contributed by atoms with Gasteiger partial charge in [0.05, 0.1) is 5.69 Å². The van der Waals surface area contributed by atoms with E-state index in [0.717, 1.165) is 25.2 Å². The number of benzene rings is 1. The van der Waals surface area contributed by atoms with Gasteiger partial charge in [0, 0.05) is 25.7 Å². The van der Waals surface area contributed by atoms with Crippen LogP contribution in [-0.4, -0.2) is 22.9 Å². The van der Waals surface area contributed by atoms with Crippen LogP contribution in [0.3, 0.4) is 0 Å². The van der Waals surface area contributed by atoms with Crippen LogP contribution in [0.15, 0.2) is 36.5 Å². The van der Waals surface area contributed by atoms with Crippen molar-refractivity contribution in [2.75, 3.05) is 13.1 Å². The first-order chi connectivity index (χ1) is 10.1. The largest absolute Gasteiger partial charge is 0.316 e. The molecule has 1 aromatic heterocycles. The average Bonchev–Trinajstić information content (AvgIpc) is 2.83. The van der Waals surface area contributed by atoms with Gasteiger partial charge in [-0.15, -0.1) is 0 Å². The molecule has 0 spiro atoms. The highest BCUT2D eigenvalue weighted by atomic mass is 15.2. The number of aromatic nitrogens is 2. The predicted octanol–water partition coefficient (Wildman–Crippen LogP) is 3.30. The molecular weight excluding hydrogens is 258 g/mol. The van der Waals surface area contributed by atoms with E-state index in [0.29, 0.717) is 11.8 Å². The van der Waals surface area contributed by atoms with Crippen molar-refractivity contribution in [3.8, 4) is 0 Å². The first kappa shape index (κ1) is 15.8. The predicted molar refractivity (Wildman–Crippen MR) is 88.5 cm³/mol. The molecule has 21 heavy (non-hydrogen) atoms. The highest BCUT2D eigenvalue weighted by Gasteiger charge is 2.15. The lowest BCUT2D eigenvalue weighted by atomic mass is 9.90. The van der Waals surface area contributed by atoms with Gasteiger partial charge in [0.25, 0.3) is 0 Å².